The molecule has 6 heterocycles. The Hall–Kier alpha value is -4.57. The Labute approximate surface area is 223 Å². The molecule has 7 rings (SSSR count). The van der Waals surface area contributed by atoms with Gasteiger partial charge in [0, 0.05) is 66.0 Å². The highest BCUT2D eigenvalue weighted by Gasteiger charge is 2.22. The lowest BCUT2D eigenvalue weighted by atomic mass is 10.0. The van der Waals surface area contributed by atoms with Gasteiger partial charge in [-0.05, 0) is 49.1 Å². The van der Waals surface area contributed by atoms with Crippen LogP contribution < -0.4 is 5.32 Å². The first-order valence-corrected chi connectivity index (χ1v) is 13.2. The van der Waals surface area contributed by atoms with Crippen molar-refractivity contribution in [1.29, 1.82) is 0 Å². The summed E-state index contributed by atoms with van der Waals surface area (Å²) < 4.78 is 16.1. The molecule has 0 spiro atoms. The molecular weight excluding hydrogens is 493 g/mol. The van der Waals surface area contributed by atoms with Gasteiger partial charge in [-0.3, -0.25) is 15.1 Å². The molecule has 0 aliphatic heterocycles. The Balaban J connectivity index is 1.24. The number of hydrogen-bond acceptors (Lipinski definition) is 7. The molecule has 6 aromatic heterocycles. The third kappa shape index (κ3) is 4.42. The maximum Gasteiger partial charge on any atom is 0.161 e. The maximum absolute atomic E-state index is 16.1. The molecule has 1 saturated carbocycles. The highest BCUT2D eigenvalue weighted by atomic mass is 19.1. The lowest BCUT2D eigenvalue weighted by Crippen LogP contribution is -2.20. The predicted octanol–water partition coefficient (Wildman–Crippen LogP) is 5.44. The summed E-state index contributed by atoms with van der Waals surface area (Å²) in [5.74, 6) is 0.724. The highest BCUT2D eigenvalue weighted by molar-refractivity contribution is 5.96. The van der Waals surface area contributed by atoms with Gasteiger partial charge in [0.25, 0.3) is 0 Å². The molecular formula is C29H26FN9. The monoisotopic (exact) mass is 519 g/mol. The van der Waals surface area contributed by atoms with Crippen LogP contribution in [0.4, 0.5) is 4.39 Å². The van der Waals surface area contributed by atoms with Crippen LogP contribution in [0.2, 0.25) is 0 Å². The minimum atomic E-state index is -0.428. The third-order valence-corrected chi connectivity index (χ3v) is 7.45. The van der Waals surface area contributed by atoms with Gasteiger partial charge in [0.1, 0.15) is 17.0 Å². The number of nitrogens with one attached hydrogen (secondary N) is 3. The second-order valence-corrected chi connectivity index (χ2v) is 10.0. The number of H-pyrrole nitrogens is 2. The van der Waals surface area contributed by atoms with Crippen LogP contribution in [0.1, 0.15) is 31.2 Å². The summed E-state index contributed by atoms with van der Waals surface area (Å²) >= 11 is 0. The van der Waals surface area contributed by atoms with Crippen molar-refractivity contribution in [2.45, 2.75) is 32.2 Å². The van der Waals surface area contributed by atoms with E-state index in [2.05, 4.69) is 40.4 Å². The summed E-state index contributed by atoms with van der Waals surface area (Å²) in [7, 11) is 0. The number of halogens is 1. The Morgan fingerprint density at radius 1 is 0.923 bits per heavy atom. The molecule has 1 fully saturated rings. The van der Waals surface area contributed by atoms with Gasteiger partial charge in [0.2, 0.25) is 0 Å². The molecule has 3 N–H and O–H groups in total. The van der Waals surface area contributed by atoms with Crippen molar-refractivity contribution in [1.82, 2.24) is 45.4 Å². The molecule has 0 unspecified atom stereocenters. The van der Waals surface area contributed by atoms with Gasteiger partial charge in [0.05, 0.1) is 5.39 Å². The minimum Gasteiger partial charge on any atom is -0.321 e. The third-order valence-electron chi connectivity index (χ3n) is 7.45. The van der Waals surface area contributed by atoms with E-state index in [1.54, 1.807) is 24.8 Å². The average molecular weight is 520 g/mol. The first kappa shape index (κ1) is 23.5. The van der Waals surface area contributed by atoms with Crippen molar-refractivity contribution in [3.63, 3.8) is 0 Å². The molecule has 0 amide bonds. The van der Waals surface area contributed by atoms with E-state index in [9.17, 15) is 0 Å². The van der Waals surface area contributed by atoms with Crippen molar-refractivity contribution in [3.8, 4) is 33.8 Å². The minimum absolute atomic E-state index is 0.263. The van der Waals surface area contributed by atoms with E-state index in [-0.39, 0.29) is 5.39 Å². The summed E-state index contributed by atoms with van der Waals surface area (Å²) in [5, 5.41) is 11.0. The van der Waals surface area contributed by atoms with Crippen LogP contribution in [0.25, 0.3) is 56.0 Å². The van der Waals surface area contributed by atoms with Gasteiger partial charge in [-0.25, -0.2) is 19.3 Å². The van der Waals surface area contributed by atoms with Crippen LogP contribution >= 0.6 is 0 Å². The van der Waals surface area contributed by atoms with E-state index in [0.29, 0.717) is 46.0 Å². The SMILES string of the molecule is Fc1c(-c2cncc(CNCC3CCCC3)c2)cnc2[nH]nc(-c3nc4c(-c5cccnc5)ccnc4[nH]3)c12. The summed E-state index contributed by atoms with van der Waals surface area (Å²) in [6, 6.07) is 7.68. The fourth-order valence-corrected chi connectivity index (χ4v) is 5.47. The van der Waals surface area contributed by atoms with Crippen LogP contribution in [0.3, 0.4) is 0 Å². The van der Waals surface area contributed by atoms with Crippen molar-refractivity contribution in [2.24, 2.45) is 5.92 Å². The molecule has 1 aliphatic carbocycles. The number of aromatic nitrogens is 8. The molecule has 1 aliphatic rings. The standard InChI is InChI=1S/C29H26FN9/c30-24-22(20-10-18(13-33-15-20)12-32-11-17-4-1-2-5-17)16-35-27-23(24)26(38-39-27)29-36-25-21(7-9-34-28(25)37-29)19-6-3-8-31-14-19/h3,6-10,13-17,32H,1-2,4-5,11-12H2,(H,34,36,37)(H,35,38,39). The number of pyridine rings is 4. The van der Waals surface area contributed by atoms with Crippen molar-refractivity contribution in [2.75, 3.05) is 6.54 Å². The van der Waals surface area contributed by atoms with Gasteiger partial charge in [-0.2, -0.15) is 5.10 Å². The zero-order valence-corrected chi connectivity index (χ0v) is 21.2. The fourth-order valence-electron chi connectivity index (χ4n) is 5.47. The first-order valence-electron chi connectivity index (χ1n) is 13.2. The molecule has 0 bridgehead atoms. The molecule has 39 heavy (non-hydrogen) atoms. The van der Waals surface area contributed by atoms with Gasteiger partial charge in [-0.15, -0.1) is 0 Å². The quantitative estimate of drug-likeness (QED) is 0.257. The van der Waals surface area contributed by atoms with Crippen LogP contribution in [0.5, 0.6) is 0 Å². The van der Waals surface area contributed by atoms with E-state index in [4.69, 9.17) is 4.98 Å². The van der Waals surface area contributed by atoms with Gasteiger partial charge in [-0.1, -0.05) is 18.9 Å². The number of nitrogens with zero attached hydrogens (tertiary/aromatic N) is 6. The van der Waals surface area contributed by atoms with Gasteiger partial charge < -0.3 is 10.3 Å². The predicted molar refractivity (Wildman–Crippen MR) is 147 cm³/mol. The van der Waals surface area contributed by atoms with E-state index in [1.807, 2.05) is 30.5 Å². The first-order chi connectivity index (χ1) is 19.2. The highest BCUT2D eigenvalue weighted by Crippen LogP contribution is 2.34. The van der Waals surface area contributed by atoms with E-state index >= 15 is 4.39 Å². The molecule has 0 atom stereocenters. The molecule has 194 valence electrons. The Kier molecular flexibility index (Phi) is 6.01. The second-order valence-electron chi connectivity index (χ2n) is 10.0. The Morgan fingerprint density at radius 3 is 2.69 bits per heavy atom. The molecule has 10 heteroatoms. The average Bonchev–Trinajstić information content (AvgIpc) is 3.73. The normalized spacial score (nSPS) is 14.1. The van der Waals surface area contributed by atoms with E-state index < -0.39 is 5.82 Å². The van der Waals surface area contributed by atoms with Gasteiger partial charge >= 0.3 is 0 Å². The van der Waals surface area contributed by atoms with Crippen molar-refractivity contribution >= 4 is 22.2 Å². The van der Waals surface area contributed by atoms with Crippen LogP contribution in [0.15, 0.2) is 61.4 Å². The molecule has 0 saturated heterocycles. The second kappa shape index (κ2) is 9.95. The zero-order valence-electron chi connectivity index (χ0n) is 21.2. The summed E-state index contributed by atoms with van der Waals surface area (Å²) in [5.41, 5.74) is 5.74. The fraction of sp³-hybridized carbons (Fsp3) is 0.241. The van der Waals surface area contributed by atoms with E-state index in [0.717, 1.165) is 29.2 Å². The zero-order chi connectivity index (χ0) is 26.2. The number of rotatable bonds is 7. The van der Waals surface area contributed by atoms with Crippen molar-refractivity contribution < 1.29 is 4.39 Å². The molecule has 0 radical (unpaired) electrons. The smallest absolute Gasteiger partial charge is 0.161 e. The topological polar surface area (TPSA) is 121 Å². The van der Waals surface area contributed by atoms with Crippen molar-refractivity contribution in [3.05, 3.63) is 72.8 Å². The number of imidazole rings is 1. The Bertz CT molecular complexity index is 1770. The van der Waals surface area contributed by atoms with Crippen LogP contribution in [0, 0.1) is 11.7 Å². The molecule has 9 nitrogen and oxygen atoms in total. The van der Waals surface area contributed by atoms with Crippen LogP contribution in [-0.4, -0.2) is 46.6 Å². The van der Waals surface area contributed by atoms with E-state index in [1.165, 1.54) is 31.9 Å². The summed E-state index contributed by atoms with van der Waals surface area (Å²) in [4.78, 5) is 25.4. The lowest BCUT2D eigenvalue weighted by molar-refractivity contribution is 0.489. The lowest BCUT2D eigenvalue weighted by Gasteiger charge is -2.11. The largest absolute Gasteiger partial charge is 0.321 e. The molecule has 0 aromatic carbocycles. The molecule has 6 aromatic rings. The summed E-state index contributed by atoms with van der Waals surface area (Å²) in [6.07, 6.45) is 15.4. The van der Waals surface area contributed by atoms with Gasteiger partial charge in [0.15, 0.2) is 17.1 Å². The summed E-state index contributed by atoms with van der Waals surface area (Å²) in [6.45, 7) is 1.69. The number of fused-ring (bicyclic) bond motifs is 2. The maximum atomic E-state index is 16.1. The number of hydrogen-bond donors (Lipinski definition) is 3. The Morgan fingerprint density at radius 2 is 1.82 bits per heavy atom. The number of aromatic amines is 2. The van der Waals surface area contributed by atoms with Crippen LogP contribution in [-0.2, 0) is 6.54 Å².